The largest absolute Gasteiger partial charge is 0.465 e. The predicted molar refractivity (Wildman–Crippen MR) is 116 cm³/mol. The van der Waals surface area contributed by atoms with E-state index in [1.54, 1.807) is 0 Å². The minimum absolute atomic E-state index is 0.0550. The zero-order chi connectivity index (χ0) is 28.2. The number of rotatable bonds is 7. The highest BCUT2D eigenvalue weighted by Crippen LogP contribution is 2.51. The summed E-state index contributed by atoms with van der Waals surface area (Å²) >= 11 is 0. The molecule has 1 N–H and O–H groups in total. The molecule has 0 unspecified atom stereocenters. The van der Waals surface area contributed by atoms with Gasteiger partial charge in [-0.3, -0.25) is 9.59 Å². The zero-order valence-corrected chi connectivity index (χ0v) is 22.0. The number of hydrogen-bond donors (Lipinski definition) is 1. The molecule has 34 heavy (non-hydrogen) atoms. The summed E-state index contributed by atoms with van der Waals surface area (Å²) in [4.78, 5) is 23.3. The van der Waals surface area contributed by atoms with Gasteiger partial charge in [0.05, 0.1) is 17.4 Å². The van der Waals surface area contributed by atoms with Gasteiger partial charge in [-0.25, -0.2) is 0 Å². The lowest BCUT2D eigenvalue weighted by molar-refractivity contribution is -0.408. The number of hydrogen-bond acceptors (Lipinski definition) is 5. The SMILES string of the molecule is CCC(C)(C)C(=O)OC(C)(C)C(O)(C(F)(F)F)C(F)(F)F.CCC(C)(C)C(=O)OCC(C)(C)C. The molecule has 0 rings (SSSR count). The molecule has 0 saturated carbocycles. The molecule has 5 nitrogen and oxygen atoms in total. The van der Waals surface area contributed by atoms with Crippen molar-refractivity contribution in [1.29, 1.82) is 0 Å². The third-order valence-electron chi connectivity index (χ3n) is 5.55. The van der Waals surface area contributed by atoms with Crippen LogP contribution >= 0.6 is 0 Å². The number of aliphatic hydroxyl groups is 1. The van der Waals surface area contributed by atoms with E-state index in [2.05, 4.69) is 25.5 Å². The molecule has 204 valence electrons. The van der Waals surface area contributed by atoms with Crippen LogP contribution in [-0.2, 0) is 19.1 Å². The second-order valence-electron chi connectivity index (χ2n) is 11.2. The van der Waals surface area contributed by atoms with Crippen LogP contribution in [0.5, 0.6) is 0 Å². The van der Waals surface area contributed by atoms with E-state index in [1.165, 1.54) is 20.8 Å². The van der Waals surface area contributed by atoms with Crippen LogP contribution in [0.3, 0.4) is 0 Å². The van der Waals surface area contributed by atoms with Crippen molar-refractivity contribution in [3.63, 3.8) is 0 Å². The van der Waals surface area contributed by atoms with Crippen molar-refractivity contribution < 1.29 is 50.5 Å². The van der Waals surface area contributed by atoms with E-state index in [4.69, 9.17) is 4.74 Å². The predicted octanol–water partition coefficient (Wildman–Crippen LogP) is 6.61. The second-order valence-corrected chi connectivity index (χ2v) is 11.2. The van der Waals surface area contributed by atoms with E-state index in [9.17, 15) is 41.0 Å². The Bertz CT molecular complexity index is 671. The van der Waals surface area contributed by atoms with Gasteiger partial charge in [-0.2, -0.15) is 26.3 Å². The zero-order valence-electron chi connectivity index (χ0n) is 22.0. The highest BCUT2D eigenvalue weighted by Gasteiger charge is 2.78. The molecule has 0 aliphatic heterocycles. The van der Waals surface area contributed by atoms with E-state index in [0.29, 0.717) is 20.5 Å². The summed E-state index contributed by atoms with van der Waals surface area (Å²) in [5.74, 6) is -1.35. The van der Waals surface area contributed by atoms with Crippen molar-refractivity contribution in [2.24, 2.45) is 16.2 Å². The average Bonchev–Trinajstić information content (AvgIpc) is 2.62. The van der Waals surface area contributed by atoms with Crippen molar-refractivity contribution in [2.45, 2.75) is 113 Å². The Labute approximate surface area is 198 Å². The number of carbonyl (C=O) groups is 2. The quantitative estimate of drug-likeness (QED) is 0.308. The van der Waals surface area contributed by atoms with Crippen LogP contribution in [0.1, 0.15) is 89.0 Å². The van der Waals surface area contributed by atoms with Crippen LogP contribution in [0.2, 0.25) is 0 Å². The standard InChI is InChI=1S/C12H18F6O3.C11H22O2/c1-6-8(2,3)7(19)21-9(4,5)10(20,11(13,14)15)12(16,17)18;1-7-11(5,6)9(12)13-8-10(2,3)4/h20H,6H2,1-5H3;7-8H2,1-6H3. The maximum Gasteiger partial charge on any atom is 0.430 e. The second kappa shape index (κ2) is 11.0. The molecule has 0 heterocycles. The first kappa shape index (κ1) is 34.6. The van der Waals surface area contributed by atoms with E-state index in [-0.39, 0.29) is 23.2 Å². The van der Waals surface area contributed by atoms with Gasteiger partial charge in [0.25, 0.3) is 5.60 Å². The third-order valence-corrected chi connectivity index (χ3v) is 5.55. The topological polar surface area (TPSA) is 72.8 Å². The lowest BCUT2D eigenvalue weighted by Crippen LogP contribution is -2.70. The molecule has 0 bridgehead atoms. The van der Waals surface area contributed by atoms with E-state index in [0.717, 1.165) is 6.42 Å². The molecule has 0 aliphatic rings. The van der Waals surface area contributed by atoms with Crippen LogP contribution < -0.4 is 0 Å². The fourth-order valence-corrected chi connectivity index (χ4v) is 2.05. The molecular weight excluding hydrogens is 470 g/mol. The Hall–Kier alpha value is -1.52. The minimum Gasteiger partial charge on any atom is -0.465 e. The highest BCUT2D eigenvalue weighted by molar-refractivity contribution is 5.76. The maximum absolute atomic E-state index is 12.8. The van der Waals surface area contributed by atoms with Crippen LogP contribution in [0.4, 0.5) is 26.3 Å². The van der Waals surface area contributed by atoms with Crippen molar-refractivity contribution in [3.8, 4) is 0 Å². The fraction of sp³-hybridized carbons (Fsp3) is 0.913. The van der Waals surface area contributed by atoms with Crippen LogP contribution in [0.15, 0.2) is 0 Å². The number of halogens is 6. The molecule has 0 radical (unpaired) electrons. The molecule has 0 spiro atoms. The highest BCUT2D eigenvalue weighted by atomic mass is 19.4. The molecule has 0 aromatic rings. The summed E-state index contributed by atoms with van der Waals surface area (Å²) in [5, 5.41) is 9.27. The smallest absolute Gasteiger partial charge is 0.430 e. The van der Waals surface area contributed by atoms with Gasteiger partial charge in [0.1, 0.15) is 0 Å². The summed E-state index contributed by atoms with van der Waals surface area (Å²) in [6.07, 6.45) is -11.2. The summed E-state index contributed by atoms with van der Waals surface area (Å²) in [6.45, 7) is 17.4. The van der Waals surface area contributed by atoms with Gasteiger partial charge in [-0.05, 0) is 59.8 Å². The van der Waals surface area contributed by atoms with E-state index >= 15 is 0 Å². The van der Waals surface area contributed by atoms with Crippen molar-refractivity contribution in [2.75, 3.05) is 6.61 Å². The van der Waals surface area contributed by atoms with Gasteiger partial charge >= 0.3 is 24.3 Å². The Morgan fingerprint density at radius 2 is 1.00 bits per heavy atom. The minimum atomic E-state index is -6.06. The monoisotopic (exact) mass is 510 g/mol. The molecule has 0 aliphatic carbocycles. The van der Waals surface area contributed by atoms with Gasteiger partial charge < -0.3 is 14.6 Å². The first-order chi connectivity index (χ1) is 14.6. The summed E-state index contributed by atoms with van der Waals surface area (Å²) < 4.78 is 86.2. The molecule has 11 heteroatoms. The van der Waals surface area contributed by atoms with Crippen molar-refractivity contribution >= 4 is 11.9 Å². The Balaban J connectivity index is 0. The van der Waals surface area contributed by atoms with Crippen LogP contribution in [0.25, 0.3) is 0 Å². The maximum atomic E-state index is 12.8. The normalized spacial score (nSPS) is 14.2. The van der Waals surface area contributed by atoms with Gasteiger partial charge in [0.15, 0.2) is 5.60 Å². The molecule has 0 saturated heterocycles. The lowest BCUT2D eigenvalue weighted by atomic mass is 9.83. The summed E-state index contributed by atoms with van der Waals surface area (Å²) in [5.41, 5.74) is -9.99. The Morgan fingerprint density at radius 3 is 1.26 bits per heavy atom. The van der Waals surface area contributed by atoms with Crippen LogP contribution in [0, 0.1) is 16.2 Å². The number of alkyl halides is 6. The average molecular weight is 511 g/mol. The molecule has 0 fully saturated rings. The number of carbonyl (C=O) groups excluding carboxylic acids is 2. The van der Waals surface area contributed by atoms with Gasteiger partial charge in [-0.1, -0.05) is 34.6 Å². The van der Waals surface area contributed by atoms with Gasteiger partial charge in [0, 0.05) is 0 Å². The number of ether oxygens (including phenoxy) is 2. The first-order valence-corrected chi connectivity index (χ1v) is 10.9. The first-order valence-electron chi connectivity index (χ1n) is 10.9. The van der Waals surface area contributed by atoms with E-state index in [1.807, 2.05) is 20.8 Å². The van der Waals surface area contributed by atoms with Crippen molar-refractivity contribution in [3.05, 3.63) is 0 Å². The van der Waals surface area contributed by atoms with E-state index < -0.39 is 34.9 Å². The Morgan fingerprint density at radius 1 is 0.676 bits per heavy atom. The molecule has 0 aromatic carbocycles. The molecule has 0 amide bonds. The third kappa shape index (κ3) is 8.92. The van der Waals surface area contributed by atoms with Gasteiger partial charge in [0.2, 0.25) is 0 Å². The summed E-state index contributed by atoms with van der Waals surface area (Å²) in [6, 6.07) is 0. The lowest BCUT2D eigenvalue weighted by Gasteiger charge is -2.44. The molecular formula is C23H40F6O5. The Kier molecular flexibility index (Phi) is 11.2. The van der Waals surface area contributed by atoms with Crippen molar-refractivity contribution in [1.82, 2.24) is 0 Å². The number of esters is 2. The fourth-order valence-electron chi connectivity index (χ4n) is 2.05. The molecule has 0 aromatic heterocycles. The summed E-state index contributed by atoms with van der Waals surface area (Å²) in [7, 11) is 0. The van der Waals surface area contributed by atoms with Gasteiger partial charge in [-0.15, -0.1) is 0 Å². The van der Waals surface area contributed by atoms with Crippen LogP contribution in [-0.4, -0.2) is 47.2 Å². The molecule has 0 atom stereocenters.